The maximum Gasteiger partial charge on any atom is 0.306 e. The molecule has 0 aromatic carbocycles. The molecule has 0 atom stereocenters. The highest BCUT2D eigenvalue weighted by atomic mass is 32.2. The van der Waals surface area contributed by atoms with E-state index >= 15 is 0 Å². The van der Waals surface area contributed by atoms with Crippen molar-refractivity contribution in [2.24, 2.45) is 0 Å². The Morgan fingerprint density at radius 3 is 2.54 bits per heavy atom. The molecule has 5 nitrogen and oxygen atoms in total. The van der Waals surface area contributed by atoms with Crippen molar-refractivity contribution >= 4 is 10.0 Å². The minimum absolute atomic E-state index is 0.00734. The fraction of sp³-hybridized carbons (Fsp3) is 0.286. The van der Waals surface area contributed by atoms with Gasteiger partial charge in [0.05, 0.1) is 13.4 Å². The standard InChI is InChI=1S/C7H9NO4S/c1-12-6-4-3-5-8(7(6)9)13(2,10)11/h3-5H,1-2H3. The molecule has 0 aliphatic heterocycles. The summed E-state index contributed by atoms with van der Waals surface area (Å²) >= 11 is 0. The van der Waals surface area contributed by atoms with Crippen molar-refractivity contribution < 1.29 is 13.2 Å². The number of aromatic nitrogens is 1. The molecule has 1 aromatic rings. The van der Waals surface area contributed by atoms with E-state index in [1.165, 1.54) is 25.4 Å². The van der Waals surface area contributed by atoms with Crippen LogP contribution in [0.5, 0.6) is 5.75 Å². The lowest BCUT2D eigenvalue weighted by Crippen LogP contribution is -2.26. The molecule has 0 spiro atoms. The molecule has 0 saturated heterocycles. The number of nitrogens with zero attached hydrogens (tertiary/aromatic N) is 1. The van der Waals surface area contributed by atoms with Crippen LogP contribution in [-0.4, -0.2) is 25.8 Å². The van der Waals surface area contributed by atoms with E-state index in [1.54, 1.807) is 0 Å². The molecule has 0 unspecified atom stereocenters. The Kier molecular flexibility index (Phi) is 2.42. The topological polar surface area (TPSA) is 65.4 Å². The second kappa shape index (κ2) is 3.21. The lowest BCUT2D eigenvalue weighted by Gasteiger charge is -2.03. The van der Waals surface area contributed by atoms with Crippen molar-refractivity contribution in [1.29, 1.82) is 0 Å². The first-order chi connectivity index (χ1) is 5.96. The lowest BCUT2D eigenvalue weighted by molar-refractivity contribution is 0.407. The molecule has 1 aromatic heterocycles. The highest BCUT2D eigenvalue weighted by molar-refractivity contribution is 7.89. The molecule has 0 aliphatic carbocycles. The van der Waals surface area contributed by atoms with Crippen LogP contribution < -0.4 is 10.3 Å². The van der Waals surface area contributed by atoms with Crippen LogP contribution in [0.2, 0.25) is 0 Å². The highest BCUT2D eigenvalue weighted by Crippen LogP contribution is 2.01. The van der Waals surface area contributed by atoms with Gasteiger partial charge in [0.2, 0.25) is 10.0 Å². The van der Waals surface area contributed by atoms with Gasteiger partial charge in [-0.2, -0.15) is 0 Å². The number of hydrogen-bond donors (Lipinski definition) is 0. The van der Waals surface area contributed by atoms with Crippen molar-refractivity contribution in [3.8, 4) is 5.75 Å². The fourth-order valence-electron chi connectivity index (χ4n) is 0.873. The Bertz CT molecular complexity index is 460. The van der Waals surface area contributed by atoms with E-state index in [1.807, 2.05) is 0 Å². The zero-order valence-electron chi connectivity index (χ0n) is 7.22. The molecule has 0 radical (unpaired) electrons. The Balaban J connectivity index is 3.51. The van der Waals surface area contributed by atoms with Gasteiger partial charge in [0.1, 0.15) is 0 Å². The quantitative estimate of drug-likeness (QED) is 0.659. The minimum atomic E-state index is -3.54. The Morgan fingerprint density at radius 1 is 1.46 bits per heavy atom. The largest absolute Gasteiger partial charge is 0.491 e. The predicted octanol–water partition coefficient (Wildman–Crippen LogP) is -0.335. The molecule has 72 valence electrons. The summed E-state index contributed by atoms with van der Waals surface area (Å²) in [6, 6.07) is 2.84. The third-order valence-electron chi connectivity index (χ3n) is 1.46. The first-order valence-corrected chi connectivity index (χ1v) is 5.28. The van der Waals surface area contributed by atoms with E-state index in [-0.39, 0.29) is 5.75 Å². The van der Waals surface area contributed by atoms with Crippen LogP contribution in [0.25, 0.3) is 0 Å². The molecular weight excluding hydrogens is 194 g/mol. The van der Waals surface area contributed by atoms with Gasteiger partial charge in [0.25, 0.3) is 0 Å². The number of rotatable bonds is 2. The average Bonchev–Trinajstić information content (AvgIpc) is 2.02. The van der Waals surface area contributed by atoms with Crippen LogP contribution in [0.15, 0.2) is 23.1 Å². The highest BCUT2D eigenvalue weighted by Gasteiger charge is 2.10. The maximum absolute atomic E-state index is 11.3. The van der Waals surface area contributed by atoms with E-state index in [4.69, 9.17) is 0 Å². The first-order valence-electron chi connectivity index (χ1n) is 3.43. The van der Waals surface area contributed by atoms with Gasteiger partial charge in [0.15, 0.2) is 5.75 Å². The second-order valence-corrected chi connectivity index (χ2v) is 4.30. The predicted molar refractivity (Wildman–Crippen MR) is 47.5 cm³/mol. The van der Waals surface area contributed by atoms with Gasteiger partial charge < -0.3 is 4.74 Å². The summed E-state index contributed by atoms with van der Waals surface area (Å²) in [6.07, 6.45) is 2.13. The average molecular weight is 203 g/mol. The first kappa shape index (κ1) is 9.79. The van der Waals surface area contributed by atoms with Gasteiger partial charge in [-0.15, -0.1) is 0 Å². The van der Waals surface area contributed by atoms with E-state index < -0.39 is 15.6 Å². The molecule has 6 heteroatoms. The van der Waals surface area contributed by atoms with Crippen LogP contribution in [-0.2, 0) is 10.0 Å². The number of methoxy groups -OCH3 is 1. The molecule has 0 fully saturated rings. The van der Waals surface area contributed by atoms with Crippen molar-refractivity contribution in [3.05, 3.63) is 28.7 Å². The number of hydrogen-bond acceptors (Lipinski definition) is 4. The van der Waals surface area contributed by atoms with Gasteiger partial charge >= 0.3 is 5.56 Å². The number of ether oxygens (including phenoxy) is 1. The maximum atomic E-state index is 11.3. The van der Waals surface area contributed by atoms with Crippen LogP contribution in [0.3, 0.4) is 0 Å². The fourth-order valence-corrected chi connectivity index (χ4v) is 1.56. The lowest BCUT2D eigenvalue weighted by atomic mass is 10.5. The molecule has 0 amide bonds. The van der Waals surface area contributed by atoms with Gasteiger partial charge in [-0.05, 0) is 12.1 Å². The third kappa shape index (κ3) is 1.89. The summed E-state index contributed by atoms with van der Waals surface area (Å²) in [5.74, 6) is 0.00734. The molecular formula is C7H9NO4S. The van der Waals surface area contributed by atoms with Gasteiger partial charge in [-0.1, -0.05) is 0 Å². The third-order valence-corrected chi connectivity index (χ3v) is 2.46. The summed E-state index contributed by atoms with van der Waals surface area (Å²) in [4.78, 5) is 11.3. The number of pyridine rings is 1. The molecule has 0 N–H and O–H groups in total. The molecule has 1 rings (SSSR count). The summed E-state index contributed by atoms with van der Waals surface area (Å²) in [6.45, 7) is 0. The van der Waals surface area contributed by atoms with Crippen LogP contribution >= 0.6 is 0 Å². The molecule has 0 bridgehead atoms. The van der Waals surface area contributed by atoms with Crippen LogP contribution in [0, 0.1) is 0 Å². The summed E-state index contributed by atoms with van der Waals surface area (Å²) in [5, 5.41) is 0. The van der Waals surface area contributed by atoms with Crippen molar-refractivity contribution in [1.82, 2.24) is 3.97 Å². The van der Waals surface area contributed by atoms with Crippen LogP contribution in [0.1, 0.15) is 0 Å². The molecule has 1 heterocycles. The minimum Gasteiger partial charge on any atom is -0.491 e. The van der Waals surface area contributed by atoms with Crippen molar-refractivity contribution in [3.63, 3.8) is 0 Å². The van der Waals surface area contributed by atoms with E-state index in [2.05, 4.69) is 4.74 Å². The summed E-state index contributed by atoms with van der Waals surface area (Å²) < 4.78 is 27.4. The normalized spacial score (nSPS) is 11.2. The van der Waals surface area contributed by atoms with Gasteiger partial charge in [-0.25, -0.2) is 12.4 Å². The van der Waals surface area contributed by atoms with E-state index in [9.17, 15) is 13.2 Å². The van der Waals surface area contributed by atoms with Crippen LogP contribution in [0.4, 0.5) is 0 Å². The van der Waals surface area contributed by atoms with Gasteiger partial charge in [0, 0.05) is 6.20 Å². The van der Waals surface area contributed by atoms with E-state index in [0.29, 0.717) is 3.97 Å². The zero-order chi connectivity index (χ0) is 10.1. The Labute approximate surface area is 75.6 Å². The monoisotopic (exact) mass is 203 g/mol. The van der Waals surface area contributed by atoms with Crippen molar-refractivity contribution in [2.75, 3.05) is 13.4 Å². The smallest absolute Gasteiger partial charge is 0.306 e. The SMILES string of the molecule is COc1cccn(S(C)(=O)=O)c1=O. The molecule has 0 saturated carbocycles. The summed E-state index contributed by atoms with van der Waals surface area (Å²) in [7, 11) is -2.23. The van der Waals surface area contributed by atoms with Gasteiger partial charge in [-0.3, -0.25) is 4.79 Å². The second-order valence-electron chi connectivity index (χ2n) is 2.44. The molecule has 13 heavy (non-hydrogen) atoms. The Hall–Kier alpha value is -1.30. The van der Waals surface area contributed by atoms with Crippen molar-refractivity contribution in [2.45, 2.75) is 0 Å². The molecule has 0 aliphatic rings. The zero-order valence-corrected chi connectivity index (χ0v) is 8.04. The Morgan fingerprint density at radius 2 is 2.08 bits per heavy atom. The summed E-state index contributed by atoms with van der Waals surface area (Å²) in [5.41, 5.74) is -0.674. The van der Waals surface area contributed by atoms with E-state index in [0.717, 1.165) is 6.26 Å².